The molecule has 2 N–H and O–H groups in total. The number of urea groups is 1. The van der Waals surface area contributed by atoms with Gasteiger partial charge in [0.15, 0.2) is 0 Å². The van der Waals surface area contributed by atoms with Gasteiger partial charge in [-0.05, 0) is 6.92 Å². The molecule has 0 rings (SSSR count). The maximum atomic E-state index is 11.7. The number of carboxylic acid groups (broad SMARTS) is 1. The van der Waals surface area contributed by atoms with Gasteiger partial charge in [0, 0.05) is 26.7 Å². The summed E-state index contributed by atoms with van der Waals surface area (Å²) in [5.74, 6) is 1.25. The number of terminal acetylenes is 1. The molecule has 0 saturated heterocycles. The van der Waals surface area contributed by atoms with E-state index in [9.17, 15) is 9.59 Å². The van der Waals surface area contributed by atoms with E-state index in [1.165, 1.54) is 12.0 Å². The third kappa shape index (κ3) is 5.78. The van der Waals surface area contributed by atoms with Gasteiger partial charge in [-0.15, -0.1) is 6.42 Å². The molecule has 1 unspecified atom stereocenters. The lowest BCUT2D eigenvalue weighted by Gasteiger charge is -2.21. The molecular weight excluding hydrogens is 224 g/mol. The van der Waals surface area contributed by atoms with Gasteiger partial charge in [-0.2, -0.15) is 0 Å². The lowest BCUT2D eigenvalue weighted by atomic mass is 10.2. The van der Waals surface area contributed by atoms with Gasteiger partial charge in [-0.25, -0.2) is 9.59 Å². The Hall–Kier alpha value is -1.74. The maximum Gasteiger partial charge on any atom is 0.326 e. The lowest BCUT2D eigenvalue weighted by molar-refractivity contribution is -0.139. The average Bonchev–Trinajstić information content (AvgIpc) is 2.30. The summed E-state index contributed by atoms with van der Waals surface area (Å²) in [5, 5.41) is 11.3. The van der Waals surface area contributed by atoms with Crippen LogP contribution in [-0.2, 0) is 9.53 Å². The summed E-state index contributed by atoms with van der Waals surface area (Å²) in [6.45, 7) is 2.60. The third-order valence-electron chi connectivity index (χ3n) is 2.16. The quantitative estimate of drug-likeness (QED) is 0.622. The summed E-state index contributed by atoms with van der Waals surface area (Å²) >= 11 is 0. The Morgan fingerprint density at radius 2 is 2.24 bits per heavy atom. The molecule has 1 atom stereocenters. The number of nitrogens with one attached hydrogen (secondary N) is 1. The zero-order valence-corrected chi connectivity index (χ0v) is 10.1. The van der Waals surface area contributed by atoms with Gasteiger partial charge >= 0.3 is 12.0 Å². The number of amides is 2. The Morgan fingerprint density at radius 1 is 1.59 bits per heavy atom. The van der Waals surface area contributed by atoms with E-state index in [2.05, 4.69) is 11.2 Å². The molecule has 0 aromatic carbocycles. The summed E-state index contributed by atoms with van der Waals surface area (Å²) in [6.07, 6.45) is 5.32. The Labute approximate surface area is 101 Å². The van der Waals surface area contributed by atoms with E-state index in [0.29, 0.717) is 6.54 Å². The first-order valence-electron chi connectivity index (χ1n) is 5.27. The first-order chi connectivity index (χ1) is 8.06. The van der Waals surface area contributed by atoms with E-state index in [1.807, 2.05) is 0 Å². The van der Waals surface area contributed by atoms with Crippen LogP contribution in [0.3, 0.4) is 0 Å². The SMILES string of the molecule is C#CCN(CC)C(=O)NC(CCOC)C(=O)O. The molecule has 17 heavy (non-hydrogen) atoms. The van der Waals surface area contributed by atoms with Crippen LogP contribution in [0.15, 0.2) is 0 Å². The van der Waals surface area contributed by atoms with Crippen LogP contribution in [0.4, 0.5) is 4.79 Å². The highest BCUT2D eigenvalue weighted by atomic mass is 16.5. The van der Waals surface area contributed by atoms with Crippen LogP contribution >= 0.6 is 0 Å². The Kier molecular flexibility index (Phi) is 7.55. The molecule has 0 heterocycles. The molecule has 0 saturated carbocycles. The second kappa shape index (κ2) is 8.42. The van der Waals surface area contributed by atoms with Gasteiger partial charge in [0.05, 0.1) is 6.54 Å². The minimum Gasteiger partial charge on any atom is -0.480 e. The summed E-state index contributed by atoms with van der Waals surface area (Å²) in [6, 6.07) is -1.44. The fourth-order valence-corrected chi connectivity index (χ4v) is 1.17. The monoisotopic (exact) mass is 242 g/mol. The van der Waals surface area contributed by atoms with Crippen molar-refractivity contribution in [3.05, 3.63) is 0 Å². The second-order valence-electron chi connectivity index (χ2n) is 3.34. The van der Waals surface area contributed by atoms with E-state index in [4.69, 9.17) is 16.3 Å². The number of ether oxygens (including phenoxy) is 1. The molecule has 96 valence electrons. The topological polar surface area (TPSA) is 78.9 Å². The van der Waals surface area contributed by atoms with E-state index >= 15 is 0 Å². The Morgan fingerprint density at radius 3 is 2.65 bits per heavy atom. The van der Waals surface area contributed by atoms with E-state index < -0.39 is 18.0 Å². The number of carbonyl (C=O) groups excluding carboxylic acids is 1. The fraction of sp³-hybridized carbons (Fsp3) is 0.636. The van der Waals surface area contributed by atoms with Crippen LogP contribution < -0.4 is 5.32 Å². The molecule has 6 heteroatoms. The summed E-state index contributed by atoms with van der Waals surface area (Å²) in [5.41, 5.74) is 0. The molecule has 0 spiro atoms. The number of rotatable bonds is 7. The van der Waals surface area contributed by atoms with Crippen LogP contribution in [0.1, 0.15) is 13.3 Å². The van der Waals surface area contributed by atoms with Crippen molar-refractivity contribution in [1.29, 1.82) is 0 Å². The minimum atomic E-state index is -1.09. The van der Waals surface area contributed by atoms with Crippen LogP contribution in [0.5, 0.6) is 0 Å². The van der Waals surface area contributed by atoms with E-state index in [-0.39, 0.29) is 19.6 Å². The number of hydrogen-bond donors (Lipinski definition) is 2. The normalized spacial score (nSPS) is 11.4. The van der Waals surface area contributed by atoms with E-state index in [1.54, 1.807) is 6.92 Å². The molecule has 0 aromatic heterocycles. The van der Waals surface area contributed by atoms with Gasteiger partial charge in [-0.3, -0.25) is 0 Å². The first kappa shape index (κ1) is 15.3. The highest BCUT2D eigenvalue weighted by molar-refractivity contribution is 5.82. The van der Waals surface area contributed by atoms with Crippen molar-refractivity contribution in [2.45, 2.75) is 19.4 Å². The van der Waals surface area contributed by atoms with Crippen molar-refractivity contribution < 1.29 is 19.4 Å². The zero-order chi connectivity index (χ0) is 13.3. The molecule has 0 radical (unpaired) electrons. The van der Waals surface area contributed by atoms with Crippen molar-refractivity contribution in [2.24, 2.45) is 0 Å². The molecule has 2 amide bonds. The van der Waals surface area contributed by atoms with Crippen LogP contribution in [0.2, 0.25) is 0 Å². The Balaban J connectivity index is 4.38. The molecule has 0 bridgehead atoms. The number of nitrogens with zero attached hydrogens (tertiary/aromatic N) is 1. The molecule has 0 aromatic rings. The van der Waals surface area contributed by atoms with Crippen molar-refractivity contribution in [3.63, 3.8) is 0 Å². The highest BCUT2D eigenvalue weighted by Crippen LogP contribution is 1.96. The van der Waals surface area contributed by atoms with Gasteiger partial charge in [0.25, 0.3) is 0 Å². The van der Waals surface area contributed by atoms with Gasteiger partial charge in [0.2, 0.25) is 0 Å². The highest BCUT2D eigenvalue weighted by Gasteiger charge is 2.21. The average molecular weight is 242 g/mol. The summed E-state index contributed by atoms with van der Waals surface area (Å²) in [7, 11) is 1.47. The first-order valence-corrected chi connectivity index (χ1v) is 5.27. The van der Waals surface area contributed by atoms with Crippen LogP contribution in [0, 0.1) is 12.3 Å². The van der Waals surface area contributed by atoms with Gasteiger partial charge in [0.1, 0.15) is 6.04 Å². The number of methoxy groups -OCH3 is 1. The van der Waals surface area contributed by atoms with Gasteiger partial charge in [-0.1, -0.05) is 5.92 Å². The molecule has 0 fully saturated rings. The smallest absolute Gasteiger partial charge is 0.326 e. The van der Waals surface area contributed by atoms with Gasteiger partial charge < -0.3 is 20.1 Å². The number of carbonyl (C=O) groups is 2. The largest absolute Gasteiger partial charge is 0.480 e. The Bertz CT molecular complexity index is 298. The summed E-state index contributed by atoms with van der Waals surface area (Å²) < 4.78 is 4.78. The van der Waals surface area contributed by atoms with Crippen LogP contribution in [0.25, 0.3) is 0 Å². The molecule has 6 nitrogen and oxygen atoms in total. The predicted octanol–water partition coefficient (Wildman–Crippen LogP) is 0.141. The molecular formula is C11H18N2O4. The maximum absolute atomic E-state index is 11.7. The predicted molar refractivity (Wildman–Crippen MR) is 62.5 cm³/mol. The van der Waals surface area contributed by atoms with Crippen molar-refractivity contribution >= 4 is 12.0 Å². The number of aliphatic carboxylic acids is 1. The second-order valence-corrected chi connectivity index (χ2v) is 3.34. The zero-order valence-electron chi connectivity index (χ0n) is 10.1. The minimum absolute atomic E-state index is 0.152. The van der Waals surface area contributed by atoms with Crippen molar-refractivity contribution in [1.82, 2.24) is 10.2 Å². The summed E-state index contributed by atoms with van der Waals surface area (Å²) in [4.78, 5) is 23.9. The van der Waals surface area contributed by atoms with Crippen LogP contribution in [-0.4, -0.2) is 54.9 Å². The van der Waals surface area contributed by atoms with Crippen molar-refractivity contribution in [3.8, 4) is 12.3 Å². The number of hydrogen-bond acceptors (Lipinski definition) is 3. The third-order valence-corrected chi connectivity index (χ3v) is 2.16. The molecule has 0 aliphatic heterocycles. The fourth-order valence-electron chi connectivity index (χ4n) is 1.17. The standard InChI is InChI=1S/C11H18N2O4/c1-4-7-13(5-2)11(16)12-9(10(14)15)6-8-17-3/h1,9H,5-8H2,2-3H3,(H,12,16)(H,14,15). The lowest BCUT2D eigenvalue weighted by Crippen LogP contribution is -2.48. The number of carboxylic acids is 1. The van der Waals surface area contributed by atoms with E-state index in [0.717, 1.165) is 0 Å². The van der Waals surface area contributed by atoms with Crippen molar-refractivity contribution in [2.75, 3.05) is 26.8 Å². The molecule has 0 aliphatic carbocycles. The molecule has 0 aliphatic rings.